The second-order valence-electron chi connectivity index (χ2n) is 5.70. The standard InChI is InChI=1S/C17H17ClN2O3/c1-17(2,11-4-6-12(19)7-5-11)16(23)20-14-9-10(15(21)22)3-8-13(14)18/h3-9H,19H2,1-2H3,(H,20,23)(H,21,22). The second-order valence-corrected chi connectivity index (χ2v) is 6.11. The molecule has 23 heavy (non-hydrogen) atoms. The number of hydrogen-bond donors (Lipinski definition) is 3. The highest BCUT2D eigenvalue weighted by atomic mass is 35.5. The number of carboxylic acid groups (broad SMARTS) is 1. The van der Waals surface area contributed by atoms with Gasteiger partial charge in [-0.05, 0) is 49.7 Å². The van der Waals surface area contributed by atoms with Gasteiger partial charge in [-0.3, -0.25) is 4.79 Å². The van der Waals surface area contributed by atoms with Crippen LogP contribution in [0.5, 0.6) is 0 Å². The van der Waals surface area contributed by atoms with Crippen molar-refractivity contribution in [1.29, 1.82) is 0 Å². The number of amides is 1. The van der Waals surface area contributed by atoms with Crippen molar-refractivity contribution >= 4 is 34.9 Å². The van der Waals surface area contributed by atoms with Gasteiger partial charge in [0.1, 0.15) is 0 Å². The Morgan fingerprint density at radius 3 is 2.30 bits per heavy atom. The van der Waals surface area contributed by atoms with Crippen molar-refractivity contribution in [2.24, 2.45) is 0 Å². The molecule has 5 nitrogen and oxygen atoms in total. The Hall–Kier alpha value is -2.53. The number of hydrogen-bond acceptors (Lipinski definition) is 3. The SMILES string of the molecule is CC(C)(C(=O)Nc1cc(C(=O)O)ccc1Cl)c1ccc(N)cc1. The highest BCUT2D eigenvalue weighted by molar-refractivity contribution is 6.34. The number of rotatable bonds is 4. The van der Waals surface area contributed by atoms with Crippen LogP contribution in [0.15, 0.2) is 42.5 Å². The molecule has 0 fully saturated rings. The summed E-state index contributed by atoms with van der Waals surface area (Å²) in [5, 5.41) is 12.0. The number of aromatic carboxylic acids is 1. The maximum absolute atomic E-state index is 12.6. The topological polar surface area (TPSA) is 92.4 Å². The molecule has 0 radical (unpaired) electrons. The average Bonchev–Trinajstić information content (AvgIpc) is 2.49. The Kier molecular flexibility index (Phi) is 4.61. The quantitative estimate of drug-likeness (QED) is 0.747. The third kappa shape index (κ3) is 3.63. The molecule has 6 heteroatoms. The number of nitrogen functional groups attached to an aromatic ring is 1. The van der Waals surface area contributed by atoms with Crippen molar-refractivity contribution in [3.8, 4) is 0 Å². The Balaban J connectivity index is 2.29. The van der Waals surface area contributed by atoms with Crippen LogP contribution in [0.25, 0.3) is 0 Å². The number of carboxylic acids is 1. The van der Waals surface area contributed by atoms with Crippen LogP contribution in [0.4, 0.5) is 11.4 Å². The van der Waals surface area contributed by atoms with Crippen LogP contribution in [0.3, 0.4) is 0 Å². The van der Waals surface area contributed by atoms with Gasteiger partial charge in [-0.15, -0.1) is 0 Å². The van der Waals surface area contributed by atoms with Crippen molar-refractivity contribution in [3.63, 3.8) is 0 Å². The zero-order valence-electron chi connectivity index (χ0n) is 12.8. The Morgan fingerprint density at radius 2 is 1.74 bits per heavy atom. The number of carbonyl (C=O) groups excluding carboxylic acids is 1. The van der Waals surface area contributed by atoms with Gasteiger partial charge in [0.05, 0.1) is 21.7 Å². The van der Waals surface area contributed by atoms with Gasteiger partial charge in [0.25, 0.3) is 0 Å². The minimum Gasteiger partial charge on any atom is -0.478 e. The number of nitrogens with one attached hydrogen (secondary N) is 1. The fraction of sp³-hybridized carbons (Fsp3) is 0.176. The second kappa shape index (κ2) is 6.30. The van der Waals surface area contributed by atoms with Crippen molar-refractivity contribution in [2.45, 2.75) is 19.3 Å². The lowest BCUT2D eigenvalue weighted by Crippen LogP contribution is -2.34. The summed E-state index contributed by atoms with van der Waals surface area (Å²) in [4.78, 5) is 23.6. The molecule has 0 aliphatic rings. The highest BCUT2D eigenvalue weighted by Gasteiger charge is 2.30. The molecule has 0 saturated heterocycles. The van der Waals surface area contributed by atoms with E-state index >= 15 is 0 Å². The van der Waals surface area contributed by atoms with Crippen molar-refractivity contribution in [2.75, 3.05) is 11.1 Å². The smallest absolute Gasteiger partial charge is 0.335 e. The molecule has 0 aliphatic carbocycles. The summed E-state index contributed by atoms with van der Waals surface area (Å²) < 4.78 is 0. The summed E-state index contributed by atoms with van der Waals surface area (Å²) in [6, 6.07) is 11.2. The summed E-state index contributed by atoms with van der Waals surface area (Å²) in [5.74, 6) is -1.39. The lowest BCUT2D eigenvalue weighted by atomic mass is 9.83. The number of halogens is 1. The third-order valence-corrected chi connectivity index (χ3v) is 3.99. The lowest BCUT2D eigenvalue weighted by molar-refractivity contribution is -0.120. The van der Waals surface area contributed by atoms with E-state index in [0.717, 1.165) is 5.56 Å². The largest absolute Gasteiger partial charge is 0.478 e. The van der Waals surface area contributed by atoms with Crippen molar-refractivity contribution in [3.05, 3.63) is 58.6 Å². The molecule has 0 atom stereocenters. The van der Waals surface area contributed by atoms with Gasteiger partial charge in [0.2, 0.25) is 5.91 Å². The van der Waals surface area contributed by atoms with Gasteiger partial charge < -0.3 is 16.2 Å². The highest BCUT2D eigenvalue weighted by Crippen LogP contribution is 2.29. The maximum Gasteiger partial charge on any atom is 0.335 e. The first kappa shape index (κ1) is 16.8. The molecular weight excluding hydrogens is 316 g/mol. The van der Waals surface area contributed by atoms with Gasteiger partial charge in [-0.2, -0.15) is 0 Å². The van der Waals surface area contributed by atoms with Crippen molar-refractivity contribution in [1.82, 2.24) is 0 Å². The molecule has 0 aromatic heterocycles. The Morgan fingerprint density at radius 1 is 1.13 bits per heavy atom. The third-order valence-electron chi connectivity index (χ3n) is 3.66. The van der Waals surface area contributed by atoms with E-state index in [9.17, 15) is 9.59 Å². The molecule has 0 bridgehead atoms. The summed E-state index contributed by atoms with van der Waals surface area (Å²) in [7, 11) is 0. The van der Waals surface area contributed by atoms with Crippen LogP contribution in [-0.4, -0.2) is 17.0 Å². The molecule has 0 aliphatic heterocycles. The number of anilines is 2. The van der Waals surface area contributed by atoms with Gasteiger partial charge in [0, 0.05) is 5.69 Å². The summed E-state index contributed by atoms with van der Waals surface area (Å²) >= 11 is 6.04. The molecule has 0 saturated carbocycles. The molecule has 1 amide bonds. The molecule has 2 rings (SSSR count). The summed E-state index contributed by atoms with van der Waals surface area (Å²) in [6.07, 6.45) is 0. The summed E-state index contributed by atoms with van der Waals surface area (Å²) in [5.41, 5.74) is 6.54. The van der Waals surface area contributed by atoms with E-state index in [1.165, 1.54) is 18.2 Å². The molecule has 2 aromatic carbocycles. The van der Waals surface area contributed by atoms with E-state index in [2.05, 4.69) is 5.32 Å². The number of benzene rings is 2. The van der Waals surface area contributed by atoms with E-state index in [0.29, 0.717) is 5.69 Å². The van der Waals surface area contributed by atoms with Crippen LogP contribution < -0.4 is 11.1 Å². The molecule has 0 unspecified atom stereocenters. The molecule has 0 heterocycles. The Bertz CT molecular complexity index is 755. The molecular formula is C17H17ClN2O3. The van der Waals surface area contributed by atoms with Crippen LogP contribution in [0.1, 0.15) is 29.8 Å². The minimum atomic E-state index is -1.09. The summed E-state index contributed by atoms with van der Waals surface area (Å²) in [6.45, 7) is 3.53. The van der Waals surface area contributed by atoms with E-state index in [1.54, 1.807) is 38.1 Å². The van der Waals surface area contributed by atoms with Gasteiger partial charge in [0.15, 0.2) is 0 Å². The van der Waals surface area contributed by atoms with E-state index in [4.69, 9.17) is 22.4 Å². The maximum atomic E-state index is 12.6. The number of carbonyl (C=O) groups is 2. The first-order chi connectivity index (χ1) is 10.7. The zero-order valence-corrected chi connectivity index (χ0v) is 13.5. The fourth-order valence-corrected chi connectivity index (χ4v) is 2.23. The number of nitrogens with two attached hydrogens (primary N) is 1. The minimum absolute atomic E-state index is 0.0509. The van der Waals surface area contributed by atoms with E-state index in [-0.39, 0.29) is 22.2 Å². The fourth-order valence-electron chi connectivity index (χ4n) is 2.06. The molecule has 2 aromatic rings. The monoisotopic (exact) mass is 332 g/mol. The molecule has 120 valence electrons. The first-order valence-electron chi connectivity index (χ1n) is 6.92. The van der Waals surface area contributed by atoms with Crippen LogP contribution in [0.2, 0.25) is 5.02 Å². The van der Waals surface area contributed by atoms with Gasteiger partial charge in [-0.1, -0.05) is 23.7 Å². The Labute approximate surface area is 139 Å². The van der Waals surface area contributed by atoms with E-state index < -0.39 is 11.4 Å². The molecule has 0 spiro atoms. The zero-order chi connectivity index (χ0) is 17.2. The van der Waals surface area contributed by atoms with Gasteiger partial charge in [-0.25, -0.2) is 4.79 Å². The predicted octanol–water partition coefficient (Wildman–Crippen LogP) is 3.54. The van der Waals surface area contributed by atoms with Gasteiger partial charge >= 0.3 is 5.97 Å². The van der Waals surface area contributed by atoms with Crippen LogP contribution in [-0.2, 0) is 10.2 Å². The average molecular weight is 333 g/mol. The molecule has 4 N–H and O–H groups in total. The normalized spacial score (nSPS) is 11.1. The van der Waals surface area contributed by atoms with Crippen LogP contribution in [0, 0.1) is 0 Å². The van der Waals surface area contributed by atoms with Crippen molar-refractivity contribution < 1.29 is 14.7 Å². The lowest BCUT2D eigenvalue weighted by Gasteiger charge is -2.24. The first-order valence-corrected chi connectivity index (χ1v) is 7.30. The van der Waals surface area contributed by atoms with E-state index in [1.807, 2.05) is 0 Å². The predicted molar refractivity (Wildman–Crippen MR) is 90.9 cm³/mol. The van der Waals surface area contributed by atoms with Crippen LogP contribution >= 0.6 is 11.6 Å².